The Morgan fingerprint density at radius 3 is 2.21 bits per heavy atom. The molecule has 34 heavy (non-hydrogen) atoms. The van der Waals surface area contributed by atoms with Crippen LogP contribution in [0.2, 0.25) is 0 Å². The summed E-state index contributed by atoms with van der Waals surface area (Å²) < 4.78 is 39.0. The van der Waals surface area contributed by atoms with Gasteiger partial charge in [0.05, 0.1) is 33.9 Å². The molecule has 1 aliphatic carbocycles. The smallest absolute Gasteiger partial charge is 0.330 e. The number of ether oxygens (including phenoxy) is 7. The van der Waals surface area contributed by atoms with Gasteiger partial charge in [-0.1, -0.05) is 6.58 Å². The van der Waals surface area contributed by atoms with Crippen LogP contribution in [0.5, 0.6) is 28.7 Å². The topological polar surface area (TPSA) is 98.8 Å². The van der Waals surface area contributed by atoms with Gasteiger partial charge in [-0.15, -0.1) is 0 Å². The molecule has 178 valence electrons. The minimum atomic E-state index is -0.718. The Morgan fingerprint density at radius 1 is 0.971 bits per heavy atom. The number of benzene rings is 2. The largest absolute Gasteiger partial charge is 0.493 e. The lowest BCUT2D eigenvalue weighted by atomic mass is 9.66. The van der Waals surface area contributed by atoms with Crippen LogP contribution in [0.25, 0.3) is 0 Å². The molecule has 2 heterocycles. The highest BCUT2D eigenvalue weighted by Gasteiger charge is 2.54. The second kappa shape index (κ2) is 8.48. The molecule has 2 aromatic carbocycles. The van der Waals surface area contributed by atoms with Crippen LogP contribution in [0.4, 0.5) is 0 Å². The van der Waals surface area contributed by atoms with E-state index in [1.54, 1.807) is 0 Å². The molecule has 0 spiro atoms. The van der Waals surface area contributed by atoms with Crippen molar-refractivity contribution in [1.29, 1.82) is 0 Å². The fourth-order valence-electron chi connectivity index (χ4n) is 5.12. The van der Waals surface area contributed by atoms with E-state index < -0.39 is 29.8 Å². The second-order valence-electron chi connectivity index (χ2n) is 8.15. The maximum Gasteiger partial charge on any atom is 0.330 e. The summed E-state index contributed by atoms with van der Waals surface area (Å²) in [4.78, 5) is 25.3. The number of rotatable bonds is 6. The second-order valence-corrected chi connectivity index (χ2v) is 8.15. The molecule has 3 aliphatic rings. The lowest BCUT2D eigenvalue weighted by molar-refractivity contribution is -0.148. The first-order valence-electron chi connectivity index (χ1n) is 10.7. The standard InChI is InChI=1S/C25H24O9/c1-5-20(26)34-23-14-9-17-16(32-11-33-17)8-13(14)21(22-15(23)10-31-25(22)27)12-6-18(28-2)24(30-4)19(7-12)29-3/h5-9,15,21-23H,1,10-11H2,2-4H3/t15-,21+,22+,23-/m0/s1. The number of carbonyl (C=O) groups is 2. The number of fused-ring (bicyclic) bond motifs is 3. The van der Waals surface area contributed by atoms with Gasteiger partial charge in [0.2, 0.25) is 12.5 Å². The summed E-state index contributed by atoms with van der Waals surface area (Å²) in [5.74, 6) is 0.0390. The molecule has 0 bridgehead atoms. The van der Waals surface area contributed by atoms with Gasteiger partial charge in [0.25, 0.3) is 0 Å². The average molecular weight is 468 g/mol. The van der Waals surface area contributed by atoms with Gasteiger partial charge in [-0.2, -0.15) is 0 Å². The molecule has 9 nitrogen and oxygen atoms in total. The van der Waals surface area contributed by atoms with Gasteiger partial charge in [0.1, 0.15) is 6.10 Å². The summed E-state index contributed by atoms with van der Waals surface area (Å²) in [5, 5.41) is 0. The van der Waals surface area contributed by atoms with Gasteiger partial charge in [-0.05, 0) is 35.4 Å². The molecular formula is C25H24O9. The highest BCUT2D eigenvalue weighted by molar-refractivity contribution is 5.82. The van der Waals surface area contributed by atoms with Crippen LogP contribution in [-0.2, 0) is 19.1 Å². The van der Waals surface area contributed by atoms with E-state index in [1.807, 2.05) is 24.3 Å². The molecule has 0 radical (unpaired) electrons. The third-order valence-corrected chi connectivity index (χ3v) is 6.58. The van der Waals surface area contributed by atoms with Crippen LogP contribution >= 0.6 is 0 Å². The van der Waals surface area contributed by atoms with Gasteiger partial charge in [-0.25, -0.2) is 4.79 Å². The highest BCUT2D eigenvalue weighted by Crippen LogP contribution is 2.56. The van der Waals surface area contributed by atoms with Crippen LogP contribution in [0.3, 0.4) is 0 Å². The third-order valence-electron chi connectivity index (χ3n) is 6.58. The van der Waals surface area contributed by atoms with Crippen molar-refractivity contribution < 1.29 is 42.7 Å². The Hall–Kier alpha value is -3.88. The van der Waals surface area contributed by atoms with Crippen LogP contribution in [-0.4, -0.2) is 46.7 Å². The van der Waals surface area contributed by atoms with Gasteiger partial charge < -0.3 is 33.2 Å². The SMILES string of the molecule is C=CC(=O)O[C@H]1c2cc3c(cc2[C@@H](c2cc(OC)c(OC)c(OC)c2)[C@@H]2C(=O)OC[C@@H]21)OCO3. The van der Waals surface area contributed by atoms with Crippen LogP contribution in [0.15, 0.2) is 36.9 Å². The predicted molar refractivity (Wildman–Crippen MR) is 117 cm³/mol. The number of esters is 2. The number of carbonyl (C=O) groups excluding carboxylic acids is 2. The molecule has 0 aromatic heterocycles. The molecule has 1 saturated heterocycles. The fourth-order valence-corrected chi connectivity index (χ4v) is 5.12. The molecule has 9 heteroatoms. The average Bonchev–Trinajstić information content (AvgIpc) is 3.48. The van der Waals surface area contributed by atoms with Crippen molar-refractivity contribution in [2.24, 2.45) is 11.8 Å². The maximum absolute atomic E-state index is 13.0. The first kappa shape index (κ1) is 21.9. The van der Waals surface area contributed by atoms with Crippen molar-refractivity contribution in [2.45, 2.75) is 12.0 Å². The Kier molecular flexibility index (Phi) is 5.47. The Balaban J connectivity index is 1.74. The predicted octanol–water partition coefficient (Wildman–Crippen LogP) is 3.15. The summed E-state index contributed by atoms with van der Waals surface area (Å²) in [6, 6.07) is 7.28. The van der Waals surface area contributed by atoms with E-state index in [9.17, 15) is 9.59 Å². The van der Waals surface area contributed by atoms with Crippen molar-refractivity contribution in [3.05, 3.63) is 53.6 Å². The zero-order valence-electron chi connectivity index (χ0n) is 19.0. The van der Waals surface area contributed by atoms with Crippen LogP contribution in [0, 0.1) is 11.8 Å². The molecule has 0 unspecified atom stereocenters. The van der Waals surface area contributed by atoms with Gasteiger partial charge >= 0.3 is 11.9 Å². The Morgan fingerprint density at radius 2 is 1.62 bits per heavy atom. The van der Waals surface area contributed by atoms with E-state index >= 15 is 0 Å². The first-order chi connectivity index (χ1) is 16.5. The van der Waals surface area contributed by atoms with Gasteiger partial charge in [0, 0.05) is 23.5 Å². The summed E-state index contributed by atoms with van der Waals surface area (Å²) in [7, 11) is 4.59. The minimum Gasteiger partial charge on any atom is -0.493 e. The molecule has 1 fully saturated rings. The normalized spacial score (nSPS) is 23.9. The first-order valence-corrected chi connectivity index (χ1v) is 10.7. The number of methoxy groups -OCH3 is 3. The Bertz CT molecular complexity index is 1150. The molecule has 2 aromatic rings. The zero-order chi connectivity index (χ0) is 24.0. The van der Waals surface area contributed by atoms with E-state index in [0.717, 1.165) is 22.8 Å². The van der Waals surface area contributed by atoms with E-state index in [1.165, 1.54) is 21.3 Å². The van der Waals surface area contributed by atoms with E-state index in [4.69, 9.17) is 33.2 Å². The molecule has 4 atom stereocenters. The molecular weight excluding hydrogens is 444 g/mol. The molecule has 2 aliphatic heterocycles. The quantitative estimate of drug-likeness (QED) is 0.468. The number of cyclic esters (lactones) is 1. The van der Waals surface area contributed by atoms with Crippen molar-refractivity contribution in [2.75, 3.05) is 34.7 Å². The van der Waals surface area contributed by atoms with Crippen molar-refractivity contribution in [3.8, 4) is 28.7 Å². The van der Waals surface area contributed by atoms with E-state index in [0.29, 0.717) is 28.7 Å². The molecule has 0 saturated carbocycles. The van der Waals surface area contributed by atoms with Crippen molar-refractivity contribution in [1.82, 2.24) is 0 Å². The summed E-state index contributed by atoms with van der Waals surface area (Å²) in [5.41, 5.74) is 2.25. The lowest BCUT2D eigenvalue weighted by Gasteiger charge is -2.38. The molecule has 0 amide bonds. The summed E-state index contributed by atoms with van der Waals surface area (Å²) in [6.07, 6.45) is 0.384. The Labute approximate surface area is 196 Å². The fraction of sp³-hybridized carbons (Fsp3) is 0.360. The number of hydrogen-bond donors (Lipinski definition) is 0. The summed E-state index contributed by atoms with van der Waals surface area (Å²) in [6.45, 7) is 3.70. The summed E-state index contributed by atoms with van der Waals surface area (Å²) >= 11 is 0. The van der Waals surface area contributed by atoms with Gasteiger partial charge in [-0.3, -0.25) is 4.79 Å². The maximum atomic E-state index is 13.0. The van der Waals surface area contributed by atoms with Crippen LogP contribution in [0.1, 0.15) is 28.7 Å². The van der Waals surface area contributed by atoms with E-state index in [2.05, 4.69) is 6.58 Å². The number of hydrogen-bond acceptors (Lipinski definition) is 9. The molecule has 0 N–H and O–H groups in total. The zero-order valence-corrected chi connectivity index (χ0v) is 19.0. The lowest BCUT2D eigenvalue weighted by Crippen LogP contribution is -2.36. The third kappa shape index (κ3) is 3.30. The van der Waals surface area contributed by atoms with E-state index in [-0.39, 0.29) is 19.4 Å². The van der Waals surface area contributed by atoms with Crippen molar-refractivity contribution in [3.63, 3.8) is 0 Å². The minimum absolute atomic E-state index is 0.0824. The van der Waals surface area contributed by atoms with Crippen LogP contribution < -0.4 is 23.7 Å². The van der Waals surface area contributed by atoms with Gasteiger partial charge in [0.15, 0.2) is 23.0 Å². The molecule has 5 rings (SSSR count). The van der Waals surface area contributed by atoms with Crippen molar-refractivity contribution >= 4 is 11.9 Å². The monoisotopic (exact) mass is 468 g/mol. The highest BCUT2D eigenvalue weighted by atomic mass is 16.7.